The average Bonchev–Trinajstić information content (AvgIpc) is 2.92. The normalized spacial score (nSPS) is 15.9. The van der Waals surface area contributed by atoms with E-state index >= 15 is 0 Å². The van der Waals surface area contributed by atoms with Gasteiger partial charge in [-0.05, 0) is 48.4 Å². The smallest absolute Gasteiger partial charge is 0.407 e. The lowest BCUT2D eigenvalue weighted by molar-refractivity contribution is 0.0517. The third-order valence-corrected chi connectivity index (χ3v) is 5.28. The Bertz CT molecular complexity index is 914. The van der Waals surface area contributed by atoms with Gasteiger partial charge in [-0.1, -0.05) is 32.0 Å². The number of aromatic nitrogens is 2. The molecule has 0 spiro atoms. The van der Waals surface area contributed by atoms with E-state index in [1.807, 2.05) is 6.07 Å². The highest BCUT2D eigenvalue weighted by molar-refractivity contribution is 5.86. The Hall–Kier alpha value is -3.16. The standard InChI is InChI=1S/C23H29N3O5/c1-4-30-22(27)20-7-8-21(25-24-20)31-14-16-5-6-19-17(12-16)9-10-26(23(28)29)13-18(19)11-15(2)3/h5-8,12,15,18H,4,9-11,13-14H2,1-3H3,(H,28,29). The fourth-order valence-electron chi connectivity index (χ4n) is 3.89. The van der Waals surface area contributed by atoms with E-state index < -0.39 is 12.1 Å². The molecule has 0 radical (unpaired) electrons. The number of fused-ring (bicyclic) bond motifs is 1. The molecule has 0 aliphatic carbocycles. The fourth-order valence-corrected chi connectivity index (χ4v) is 3.89. The van der Waals surface area contributed by atoms with Gasteiger partial charge in [-0.25, -0.2) is 9.59 Å². The quantitative estimate of drug-likeness (QED) is 0.669. The lowest BCUT2D eigenvalue weighted by Gasteiger charge is -2.24. The molecule has 2 heterocycles. The van der Waals surface area contributed by atoms with Crippen molar-refractivity contribution in [1.82, 2.24) is 15.1 Å². The fraction of sp³-hybridized carbons (Fsp3) is 0.478. The highest BCUT2D eigenvalue weighted by Crippen LogP contribution is 2.31. The molecule has 1 atom stereocenters. The summed E-state index contributed by atoms with van der Waals surface area (Å²) < 4.78 is 10.6. The topological polar surface area (TPSA) is 102 Å². The van der Waals surface area contributed by atoms with Crippen LogP contribution in [0, 0.1) is 5.92 Å². The lowest BCUT2D eigenvalue weighted by Crippen LogP contribution is -2.33. The number of hydrogen-bond donors (Lipinski definition) is 1. The second kappa shape index (κ2) is 10.2. The molecule has 1 aromatic carbocycles. The Morgan fingerprint density at radius 1 is 1.23 bits per heavy atom. The molecular weight excluding hydrogens is 398 g/mol. The number of ether oxygens (including phenoxy) is 2. The molecule has 8 nitrogen and oxygen atoms in total. The summed E-state index contributed by atoms with van der Waals surface area (Å²) in [5, 5.41) is 17.3. The first-order valence-corrected chi connectivity index (χ1v) is 10.6. The van der Waals surface area contributed by atoms with Crippen LogP contribution in [0.1, 0.15) is 60.3 Å². The molecule has 31 heavy (non-hydrogen) atoms. The molecule has 0 fully saturated rings. The van der Waals surface area contributed by atoms with Crippen LogP contribution in [0.25, 0.3) is 0 Å². The summed E-state index contributed by atoms with van der Waals surface area (Å²) in [6.07, 6.45) is 0.752. The summed E-state index contributed by atoms with van der Waals surface area (Å²) in [5.41, 5.74) is 3.50. The number of carbonyl (C=O) groups excluding carboxylic acids is 1. The van der Waals surface area contributed by atoms with Crippen molar-refractivity contribution < 1.29 is 24.2 Å². The minimum atomic E-state index is -0.866. The number of hydrogen-bond acceptors (Lipinski definition) is 6. The number of nitrogens with zero attached hydrogens (tertiary/aromatic N) is 3. The van der Waals surface area contributed by atoms with E-state index in [1.54, 1.807) is 13.0 Å². The van der Waals surface area contributed by atoms with E-state index in [0.717, 1.165) is 12.0 Å². The van der Waals surface area contributed by atoms with Gasteiger partial charge < -0.3 is 19.5 Å². The number of carboxylic acid groups (broad SMARTS) is 1. The van der Waals surface area contributed by atoms with E-state index in [1.165, 1.54) is 22.1 Å². The van der Waals surface area contributed by atoms with Crippen LogP contribution in [0.5, 0.6) is 5.88 Å². The maximum atomic E-state index is 11.7. The summed E-state index contributed by atoms with van der Waals surface area (Å²) >= 11 is 0. The van der Waals surface area contributed by atoms with Crippen molar-refractivity contribution >= 4 is 12.1 Å². The first-order chi connectivity index (χ1) is 14.9. The van der Waals surface area contributed by atoms with Crippen LogP contribution in [0.2, 0.25) is 0 Å². The van der Waals surface area contributed by atoms with Crippen molar-refractivity contribution in [3.05, 3.63) is 52.7 Å². The second-order valence-corrected chi connectivity index (χ2v) is 8.10. The van der Waals surface area contributed by atoms with Crippen molar-refractivity contribution in [2.45, 2.75) is 46.1 Å². The van der Waals surface area contributed by atoms with Crippen LogP contribution >= 0.6 is 0 Å². The molecule has 1 aliphatic rings. The largest absolute Gasteiger partial charge is 0.472 e. The predicted molar refractivity (Wildman–Crippen MR) is 114 cm³/mol. The highest BCUT2D eigenvalue weighted by Gasteiger charge is 2.26. The number of carbonyl (C=O) groups is 2. The lowest BCUT2D eigenvalue weighted by atomic mass is 9.86. The zero-order chi connectivity index (χ0) is 22.4. The van der Waals surface area contributed by atoms with E-state index in [-0.39, 0.29) is 18.2 Å². The Morgan fingerprint density at radius 2 is 2.03 bits per heavy atom. The van der Waals surface area contributed by atoms with E-state index in [4.69, 9.17) is 9.47 Å². The van der Waals surface area contributed by atoms with Gasteiger partial charge in [0.2, 0.25) is 5.88 Å². The molecule has 3 rings (SSSR count). The molecule has 8 heteroatoms. The summed E-state index contributed by atoms with van der Waals surface area (Å²) in [7, 11) is 0. The molecule has 1 aromatic heterocycles. The number of amides is 1. The molecule has 0 bridgehead atoms. The summed E-state index contributed by atoms with van der Waals surface area (Å²) in [5.74, 6) is 0.465. The number of esters is 1. The van der Waals surface area contributed by atoms with Crippen molar-refractivity contribution in [2.24, 2.45) is 5.92 Å². The zero-order valence-electron chi connectivity index (χ0n) is 18.2. The van der Waals surface area contributed by atoms with Crippen molar-refractivity contribution in [3.63, 3.8) is 0 Å². The minimum absolute atomic E-state index is 0.137. The summed E-state index contributed by atoms with van der Waals surface area (Å²) in [6, 6.07) is 9.32. The van der Waals surface area contributed by atoms with E-state index in [9.17, 15) is 14.7 Å². The third kappa shape index (κ3) is 5.93. The number of rotatable bonds is 7. The molecule has 2 aromatic rings. The van der Waals surface area contributed by atoms with E-state index in [0.29, 0.717) is 37.9 Å². The SMILES string of the molecule is CCOC(=O)c1ccc(OCc2ccc3c(c2)CCN(C(=O)O)CC3CC(C)C)nn1. The average molecular weight is 428 g/mol. The third-order valence-electron chi connectivity index (χ3n) is 5.28. The first kappa shape index (κ1) is 22.5. The van der Waals surface area contributed by atoms with Gasteiger partial charge in [0.05, 0.1) is 6.61 Å². The van der Waals surface area contributed by atoms with E-state index in [2.05, 4.69) is 36.2 Å². The molecule has 1 unspecified atom stereocenters. The Kier molecular flexibility index (Phi) is 7.44. The molecule has 0 saturated carbocycles. The van der Waals surface area contributed by atoms with Gasteiger partial charge in [-0.3, -0.25) is 0 Å². The monoisotopic (exact) mass is 427 g/mol. The molecule has 0 saturated heterocycles. The summed E-state index contributed by atoms with van der Waals surface area (Å²) in [4.78, 5) is 24.8. The first-order valence-electron chi connectivity index (χ1n) is 10.6. The van der Waals surface area contributed by atoms with Crippen molar-refractivity contribution in [2.75, 3.05) is 19.7 Å². The molecular formula is C23H29N3O5. The predicted octanol–water partition coefficient (Wildman–Crippen LogP) is 3.90. The van der Waals surface area contributed by atoms with Gasteiger partial charge in [0.15, 0.2) is 5.69 Å². The van der Waals surface area contributed by atoms with Gasteiger partial charge in [-0.2, -0.15) is 0 Å². The zero-order valence-corrected chi connectivity index (χ0v) is 18.2. The van der Waals surface area contributed by atoms with Crippen LogP contribution < -0.4 is 4.74 Å². The Balaban J connectivity index is 1.71. The van der Waals surface area contributed by atoms with Crippen LogP contribution in [0.15, 0.2) is 30.3 Å². The molecule has 166 valence electrons. The Morgan fingerprint density at radius 3 is 2.68 bits per heavy atom. The van der Waals surface area contributed by atoms with Gasteiger partial charge in [0.1, 0.15) is 6.61 Å². The number of benzene rings is 1. The van der Waals surface area contributed by atoms with Gasteiger partial charge in [-0.15, -0.1) is 10.2 Å². The second-order valence-electron chi connectivity index (χ2n) is 8.10. The highest BCUT2D eigenvalue weighted by atomic mass is 16.5. The molecule has 1 N–H and O–H groups in total. The maximum absolute atomic E-state index is 11.7. The van der Waals surface area contributed by atoms with Crippen LogP contribution in [-0.2, 0) is 17.8 Å². The van der Waals surface area contributed by atoms with Crippen molar-refractivity contribution in [3.8, 4) is 5.88 Å². The van der Waals surface area contributed by atoms with Gasteiger partial charge >= 0.3 is 12.1 Å². The summed E-state index contributed by atoms with van der Waals surface area (Å²) in [6.45, 7) is 7.64. The molecule has 1 aliphatic heterocycles. The Labute approximate surface area is 182 Å². The molecule has 1 amide bonds. The maximum Gasteiger partial charge on any atom is 0.407 e. The van der Waals surface area contributed by atoms with Gasteiger partial charge in [0.25, 0.3) is 0 Å². The van der Waals surface area contributed by atoms with Crippen LogP contribution in [0.3, 0.4) is 0 Å². The van der Waals surface area contributed by atoms with Crippen LogP contribution in [-0.4, -0.2) is 52.0 Å². The van der Waals surface area contributed by atoms with Crippen LogP contribution in [0.4, 0.5) is 4.79 Å². The van der Waals surface area contributed by atoms with Crippen molar-refractivity contribution in [1.29, 1.82) is 0 Å². The van der Waals surface area contributed by atoms with Gasteiger partial charge in [0, 0.05) is 25.1 Å². The minimum Gasteiger partial charge on any atom is -0.472 e.